The number of rotatable bonds is 1. The Kier molecular flexibility index (Phi) is 3.18. The van der Waals surface area contributed by atoms with Crippen LogP contribution < -0.4 is 0 Å². The van der Waals surface area contributed by atoms with Crippen LogP contribution in [-0.4, -0.2) is 10.7 Å². The fourth-order valence-corrected chi connectivity index (χ4v) is 4.08. The summed E-state index contributed by atoms with van der Waals surface area (Å²) in [4.78, 5) is 0. The van der Waals surface area contributed by atoms with Crippen LogP contribution in [0.25, 0.3) is 0 Å². The van der Waals surface area contributed by atoms with Crippen LogP contribution in [0.2, 0.25) is 0 Å². The Hall–Kier alpha value is -0.300. The third kappa shape index (κ3) is 1.84. The number of allylic oxidation sites excluding steroid dienone is 1. The molecule has 2 aliphatic carbocycles. The molecule has 0 amide bonds. The highest BCUT2D eigenvalue weighted by atomic mass is 16.3. The molecule has 0 bridgehead atoms. The SMILES string of the molecule is CC(C)=C[C@@]1(O)[C@@H]2CC[C@H](C)[C@H]2CC[C@@H]1C. The van der Waals surface area contributed by atoms with Gasteiger partial charge in [0.15, 0.2) is 0 Å². The van der Waals surface area contributed by atoms with Gasteiger partial charge in [-0.25, -0.2) is 0 Å². The number of fused-ring (bicyclic) bond motifs is 1. The van der Waals surface area contributed by atoms with Gasteiger partial charge in [0.2, 0.25) is 0 Å². The zero-order valence-electron chi connectivity index (χ0n) is 11.2. The molecular formula is C15H26O. The van der Waals surface area contributed by atoms with Crippen molar-refractivity contribution in [3.63, 3.8) is 0 Å². The normalized spacial score (nSPS) is 47.6. The largest absolute Gasteiger partial charge is 0.385 e. The summed E-state index contributed by atoms with van der Waals surface area (Å²) in [7, 11) is 0. The van der Waals surface area contributed by atoms with E-state index in [1.165, 1.54) is 31.3 Å². The second kappa shape index (κ2) is 4.18. The van der Waals surface area contributed by atoms with Crippen LogP contribution in [0.3, 0.4) is 0 Å². The van der Waals surface area contributed by atoms with Gasteiger partial charge in [-0.2, -0.15) is 0 Å². The monoisotopic (exact) mass is 222 g/mol. The second-order valence-corrected chi connectivity index (χ2v) is 6.41. The molecule has 0 saturated heterocycles. The molecule has 0 aromatic rings. The number of hydrogen-bond donors (Lipinski definition) is 1. The van der Waals surface area contributed by atoms with Crippen LogP contribution in [0, 0.1) is 23.7 Å². The molecule has 0 aromatic carbocycles. The fraction of sp³-hybridized carbons (Fsp3) is 0.867. The maximum atomic E-state index is 11.0. The van der Waals surface area contributed by atoms with Gasteiger partial charge in [0.25, 0.3) is 0 Å². The molecule has 5 atom stereocenters. The van der Waals surface area contributed by atoms with E-state index >= 15 is 0 Å². The van der Waals surface area contributed by atoms with E-state index in [4.69, 9.17) is 0 Å². The van der Waals surface area contributed by atoms with E-state index in [1.807, 2.05) is 0 Å². The first-order valence-corrected chi connectivity index (χ1v) is 6.83. The summed E-state index contributed by atoms with van der Waals surface area (Å²) < 4.78 is 0. The van der Waals surface area contributed by atoms with Gasteiger partial charge in [0.1, 0.15) is 0 Å². The maximum Gasteiger partial charge on any atom is 0.0886 e. The van der Waals surface area contributed by atoms with Crippen LogP contribution in [-0.2, 0) is 0 Å². The predicted molar refractivity (Wildman–Crippen MR) is 68.2 cm³/mol. The van der Waals surface area contributed by atoms with E-state index < -0.39 is 5.60 Å². The molecule has 0 radical (unpaired) electrons. The smallest absolute Gasteiger partial charge is 0.0886 e. The summed E-state index contributed by atoms with van der Waals surface area (Å²) in [5, 5.41) is 11.0. The summed E-state index contributed by atoms with van der Waals surface area (Å²) in [6.45, 7) is 8.79. The van der Waals surface area contributed by atoms with Crippen molar-refractivity contribution in [2.75, 3.05) is 0 Å². The van der Waals surface area contributed by atoms with Crippen molar-refractivity contribution in [2.45, 2.75) is 59.0 Å². The van der Waals surface area contributed by atoms with E-state index in [9.17, 15) is 5.11 Å². The van der Waals surface area contributed by atoms with E-state index in [-0.39, 0.29) is 0 Å². The lowest BCUT2D eigenvalue weighted by atomic mass is 9.63. The molecule has 0 spiro atoms. The van der Waals surface area contributed by atoms with Crippen molar-refractivity contribution in [2.24, 2.45) is 23.7 Å². The fourth-order valence-electron chi connectivity index (χ4n) is 4.08. The molecule has 2 aliphatic rings. The summed E-state index contributed by atoms with van der Waals surface area (Å²) >= 11 is 0. The standard InChI is InChI=1S/C15H26O/c1-10(2)9-15(16)12(4)6-7-13-11(3)5-8-14(13)15/h9,11-14,16H,5-8H2,1-4H3/t11-,12-,13+,14+,15-/m0/s1. The van der Waals surface area contributed by atoms with Crippen LogP contribution in [0.1, 0.15) is 53.4 Å². The first-order valence-electron chi connectivity index (χ1n) is 6.83. The summed E-state index contributed by atoms with van der Waals surface area (Å²) in [6, 6.07) is 0. The lowest BCUT2D eigenvalue weighted by Crippen LogP contribution is -2.48. The van der Waals surface area contributed by atoms with Crippen LogP contribution in [0.4, 0.5) is 0 Å². The van der Waals surface area contributed by atoms with Gasteiger partial charge in [0, 0.05) is 0 Å². The van der Waals surface area contributed by atoms with Crippen molar-refractivity contribution in [3.05, 3.63) is 11.6 Å². The van der Waals surface area contributed by atoms with Gasteiger partial charge in [-0.05, 0) is 56.8 Å². The molecule has 16 heavy (non-hydrogen) atoms. The Bertz CT molecular complexity index is 290. The zero-order chi connectivity index (χ0) is 11.9. The summed E-state index contributed by atoms with van der Waals surface area (Å²) in [5.74, 6) is 2.52. The number of aliphatic hydroxyl groups is 1. The Morgan fingerprint density at radius 2 is 1.81 bits per heavy atom. The average Bonchev–Trinajstić information content (AvgIpc) is 2.54. The van der Waals surface area contributed by atoms with Gasteiger partial charge in [-0.3, -0.25) is 0 Å². The van der Waals surface area contributed by atoms with E-state index in [0.717, 1.165) is 11.8 Å². The quantitative estimate of drug-likeness (QED) is 0.669. The summed E-state index contributed by atoms with van der Waals surface area (Å²) in [5.41, 5.74) is 0.738. The third-order valence-corrected chi connectivity index (χ3v) is 5.02. The highest BCUT2D eigenvalue weighted by Gasteiger charge is 2.50. The molecule has 1 heteroatoms. The molecule has 2 rings (SSSR count). The highest BCUT2D eigenvalue weighted by Crippen LogP contribution is 2.53. The lowest BCUT2D eigenvalue weighted by Gasteiger charge is -2.46. The van der Waals surface area contributed by atoms with Gasteiger partial charge in [-0.15, -0.1) is 0 Å². The van der Waals surface area contributed by atoms with Crippen molar-refractivity contribution in [3.8, 4) is 0 Å². The molecule has 92 valence electrons. The Morgan fingerprint density at radius 3 is 2.44 bits per heavy atom. The van der Waals surface area contributed by atoms with Gasteiger partial charge >= 0.3 is 0 Å². The minimum Gasteiger partial charge on any atom is -0.385 e. The van der Waals surface area contributed by atoms with E-state index in [2.05, 4.69) is 33.8 Å². The topological polar surface area (TPSA) is 20.2 Å². The molecule has 2 fully saturated rings. The molecule has 1 nitrogen and oxygen atoms in total. The minimum absolute atomic E-state index is 0.425. The van der Waals surface area contributed by atoms with E-state index in [1.54, 1.807) is 0 Å². The van der Waals surface area contributed by atoms with Crippen molar-refractivity contribution in [1.29, 1.82) is 0 Å². The van der Waals surface area contributed by atoms with Gasteiger partial charge in [0.05, 0.1) is 5.60 Å². The average molecular weight is 222 g/mol. The Morgan fingerprint density at radius 1 is 1.12 bits per heavy atom. The molecule has 0 aliphatic heterocycles. The highest BCUT2D eigenvalue weighted by molar-refractivity contribution is 5.15. The zero-order valence-corrected chi connectivity index (χ0v) is 11.2. The van der Waals surface area contributed by atoms with Crippen LogP contribution in [0.5, 0.6) is 0 Å². The first kappa shape index (κ1) is 12.2. The minimum atomic E-state index is -0.521. The van der Waals surface area contributed by atoms with Crippen LogP contribution >= 0.6 is 0 Å². The molecule has 0 unspecified atom stereocenters. The predicted octanol–water partition coefficient (Wildman–Crippen LogP) is 3.78. The first-order chi connectivity index (χ1) is 7.45. The Labute approximate surface area is 99.9 Å². The van der Waals surface area contributed by atoms with Crippen molar-refractivity contribution in [1.82, 2.24) is 0 Å². The molecule has 0 aromatic heterocycles. The second-order valence-electron chi connectivity index (χ2n) is 6.41. The van der Waals surface area contributed by atoms with Crippen molar-refractivity contribution >= 4 is 0 Å². The summed E-state index contributed by atoms with van der Waals surface area (Å²) in [6.07, 6.45) is 7.18. The third-order valence-electron chi connectivity index (χ3n) is 5.02. The molecule has 2 saturated carbocycles. The molecule has 0 heterocycles. The number of hydrogen-bond acceptors (Lipinski definition) is 1. The Balaban J connectivity index is 2.30. The van der Waals surface area contributed by atoms with Crippen molar-refractivity contribution < 1.29 is 5.11 Å². The van der Waals surface area contributed by atoms with Crippen LogP contribution in [0.15, 0.2) is 11.6 Å². The van der Waals surface area contributed by atoms with Gasteiger partial charge < -0.3 is 5.11 Å². The molecule has 1 N–H and O–H groups in total. The maximum absolute atomic E-state index is 11.0. The van der Waals surface area contributed by atoms with Gasteiger partial charge in [-0.1, -0.05) is 31.9 Å². The molecular weight excluding hydrogens is 196 g/mol. The lowest BCUT2D eigenvalue weighted by molar-refractivity contribution is -0.0688. The van der Waals surface area contributed by atoms with E-state index in [0.29, 0.717) is 11.8 Å².